The molecule has 0 aliphatic carbocycles. The fraction of sp³-hybridized carbons (Fsp3) is 1.00. The number of ether oxygens (including phenoxy) is 1. The zero-order valence-electron chi connectivity index (χ0n) is 8.05. The molecule has 1 aliphatic rings. The highest BCUT2D eigenvalue weighted by Gasteiger charge is 2.30. The van der Waals surface area contributed by atoms with Gasteiger partial charge in [0.25, 0.3) is 0 Å². The van der Waals surface area contributed by atoms with E-state index in [1.54, 1.807) is 0 Å². The summed E-state index contributed by atoms with van der Waals surface area (Å²) in [5.74, 6) is 0.541. The Hall–Kier alpha value is -0.120. The average molecular weight is 172 g/mol. The van der Waals surface area contributed by atoms with Gasteiger partial charge in [-0.2, -0.15) is 0 Å². The van der Waals surface area contributed by atoms with Crippen molar-refractivity contribution < 1.29 is 4.74 Å². The topological polar surface area (TPSA) is 61.3 Å². The van der Waals surface area contributed by atoms with Gasteiger partial charge in [-0.05, 0) is 32.6 Å². The minimum atomic E-state index is -0.262. The van der Waals surface area contributed by atoms with Gasteiger partial charge in [-0.3, -0.25) is 0 Å². The van der Waals surface area contributed by atoms with Crippen LogP contribution in [0.2, 0.25) is 0 Å². The van der Waals surface area contributed by atoms with Crippen LogP contribution in [0.5, 0.6) is 0 Å². The van der Waals surface area contributed by atoms with E-state index in [-0.39, 0.29) is 11.6 Å². The lowest BCUT2D eigenvalue weighted by atomic mass is 9.82. The van der Waals surface area contributed by atoms with Gasteiger partial charge >= 0.3 is 0 Å². The molecule has 0 radical (unpaired) electrons. The van der Waals surface area contributed by atoms with Crippen LogP contribution in [0.1, 0.15) is 26.7 Å². The van der Waals surface area contributed by atoms with Gasteiger partial charge in [-0.1, -0.05) is 0 Å². The summed E-state index contributed by atoms with van der Waals surface area (Å²) in [6.07, 6.45) is 2.11. The molecule has 0 saturated carbocycles. The predicted molar refractivity (Wildman–Crippen MR) is 49.8 cm³/mol. The molecule has 0 aromatic rings. The highest BCUT2D eigenvalue weighted by Crippen LogP contribution is 2.22. The zero-order valence-corrected chi connectivity index (χ0v) is 8.05. The highest BCUT2D eigenvalue weighted by molar-refractivity contribution is 4.91. The Balaban J connectivity index is 2.45. The summed E-state index contributed by atoms with van der Waals surface area (Å²) in [6, 6.07) is 0.0985. The molecule has 0 amide bonds. The second kappa shape index (κ2) is 3.73. The molecule has 3 heteroatoms. The summed E-state index contributed by atoms with van der Waals surface area (Å²) in [5.41, 5.74) is 11.7. The number of hydrogen-bond donors (Lipinski definition) is 2. The number of nitrogens with two attached hydrogens (primary N) is 2. The molecule has 12 heavy (non-hydrogen) atoms. The molecule has 1 atom stereocenters. The smallest absolute Gasteiger partial charge is 0.0469 e. The van der Waals surface area contributed by atoms with Crippen molar-refractivity contribution in [2.24, 2.45) is 17.4 Å². The van der Waals surface area contributed by atoms with Crippen LogP contribution in [0.3, 0.4) is 0 Å². The fourth-order valence-corrected chi connectivity index (χ4v) is 1.68. The first-order chi connectivity index (χ1) is 5.52. The predicted octanol–water partition coefficient (Wildman–Crippen LogP) is 0.478. The Labute approximate surface area is 74.4 Å². The van der Waals surface area contributed by atoms with E-state index in [9.17, 15) is 0 Å². The van der Waals surface area contributed by atoms with Gasteiger partial charge in [0.05, 0.1) is 0 Å². The zero-order chi connectivity index (χ0) is 9.19. The van der Waals surface area contributed by atoms with Crippen molar-refractivity contribution in [3.63, 3.8) is 0 Å². The summed E-state index contributed by atoms with van der Waals surface area (Å²) in [4.78, 5) is 0. The van der Waals surface area contributed by atoms with Crippen LogP contribution in [0.15, 0.2) is 0 Å². The van der Waals surface area contributed by atoms with Gasteiger partial charge in [0.15, 0.2) is 0 Å². The lowest BCUT2D eigenvalue weighted by Crippen LogP contribution is -2.55. The summed E-state index contributed by atoms with van der Waals surface area (Å²) >= 11 is 0. The van der Waals surface area contributed by atoms with Crippen LogP contribution in [0.4, 0.5) is 0 Å². The minimum Gasteiger partial charge on any atom is -0.381 e. The fourth-order valence-electron chi connectivity index (χ4n) is 1.68. The number of rotatable bonds is 2. The van der Waals surface area contributed by atoms with Crippen molar-refractivity contribution >= 4 is 0 Å². The van der Waals surface area contributed by atoms with Crippen molar-refractivity contribution in [3.05, 3.63) is 0 Å². The van der Waals surface area contributed by atoms with E-state index < -0.39 is 0 Å². The van der Waals surface area contributed by atoms with Gasteiger partial charge in [0.2, 0.25) is 0 Å². The molecule has 1 saturated heterocycles. The van der Waals surface area contributed by atoms with Gasteiger partial charge in [0.1, 0.15) is 0 Å². The third kappa shape index (κ3) is 2.44. The highest BCUT2D eigenvalue weighted by atomic mass is 16.5. The first-order valence-corrected chi connectivity index (χ1v) is 4.64. The van der Waals surface area contributed by atoms with E-state index in [2.05, 4.69) is 0 Å². The van der Waals surface area contributed by atoms with E-state index in [1.165, 1.54) is 0 Å². The monoisotopic (exact) mass is 172 g/mol. The summed E-state index contributed by atoms with van der Waals surface area (Å²) < 4.78 is 5.27. The molecule has 1 aliphatic heterocycles. The maximum atomic E-state index is 6.04. The normalized spacial score (nSPS) is 24.0. The molecular weight excluding hydrogens is 152 g/mol. The molecule has 4 N–H and O–H groups in total. The molecule has 1 unspecified atom stereocenters. The number of hydrogen-bond acceptors (Lipinski definition) is 3. The molecule has 0 spiro atoms. The van der Waals surface area contributed by atoms with Crippen molar-refractivity contribution in [2.75, 3.05) is 13.2 Å². The minimum absolute atomic E-state index is 0.0985. The van der Waals surface area contributed by atoms with Gasteiger partial charge in [0, 0.05) is 24.8 Å². The molecule has 1 rings (SSSR count). The Morgan fingerprint density at radius 1 is 1.33 bits per heavy atom. The van der Waals surface area contributed by atoms with Crippen LogP contribution in [-0.4, -0.2) is 24.8 Å². The summed E-state index contributed by atoms with van der Waals surface area (Å²) in [5, 5.41) is 0. The largest absolute Gasteiger partial charge is 0.381 e. The third-order valence-electron chi connectivity index (χ3n) is 2.63. The molecule has 1 fully saturated rings. The van der Waals surface area contributed by atoms with Crippen molar-refractivity contribution in [3.8, 4) is 0 Å². The average Bonchev–Trinajstić information content (AvgIpc) is 2.03. The lowest BCUT2D eigenvalue weighted by molar-refractivity contribution is 0.0505. The molecule has 0 aromatic carbocycles. The Morgan fingerprint density at radius 3 is 2.25 bits per heavy atom. The molecule has 1 heterocycles. The first-order valence-electron chi connectivity index (χ1n) is 4.64. The van der Waals surface area contributed by atoms with Gasteiger partial charge in [-0.25, -0.2) is 0 Å². The molecule has 0 aromatic heterocycles. The molecular formula is C9H20N2O. The Bertz CT molecular complexity index is 136. The molecule has 3 nitrogen and oxygen atoms in total. The van der Waals surface area contributed by atoms with Crippen LogP contribution in [-0.2, 0) is 4.74 Å². The van der Waals surface area contributed by atoms with Gasteiger partial charge in [-0.15, -0.1) is 0 Å². The summed E-state index contributed by atoms with van der Waals surface area (Å²) in [7, 11) is 0. The van der Waals surface area contributed by atoms with E-state index >= 15 is 0 Å². The Kier molecular flexibility index (Phi) is 3.09. The SMILES string of the molecule is CC(C)(N)C(N)C1CCOCC1. The first kappa shape index (κ1) is 9.96. The maximum absolute atomic E-state index is 6.04. The molecule has 72 valence electrons. The van der Waals surface area contributed by atoms with E-state index in [1.807, 2.05) is 13.8 Å². The van der Waals surface area contributed by atoms with E-state index in [0.717, 1.165) is 26.1 Å². The second-order valence-corrected chi connectivity index (χ2v) is 4.30. The van der Waals surface area contributed by atoms with E-state index in [4.69, 9.17) is 16.2 Å². The van der Waals surface area contributed by atoms with Crippen LogP contribution in [0, 0.1) is 5.92 Å². The van der Waals surface area contributed by atoms with Crippen molar-refractivity contribution in [2.45, 2.75) is 38.3 Å². The Morgan fingerprint density at radius 2 is 1.83 bits per heavy atom. The maximum Gasteiger partial charge on any atom is 0.0469 e. The third-order valence-corrected chi connectivity index (χ3v) is 2.63. The van der Waals surface area contributed by atoms with E-state index in [0.29, 0.717) is 5.92 Å². The lowest BCUT2D eigenvalue weighted by Gasteiger charge is -2.36. The van der Waals surface area contributed by atoms with Crippen LogP contribution < -0.4 is 11.5 Å². The second-order valence-electron chi connectivity index (χ2n) is 4.30. The molecule has 0 bridgehead atoms. The van der Waals surface area contributed by atoms with Crippen LogP contribution in [0.25, 0.3) is 0 Å². The van der Waals surface area contributed by atoms with Gasteiger partial charge < -0.3 is 16.2 Å². The standard InChI is InChI=1S/C9H20N2O/c1-9(2,11)8(10)7-3-5-12-6-4-7/h7-8H,3-6,10-11H2,1-2H3. The quantitative estimate of drug-likeness (QED) is 0.637. The van der Waals surface area contributed by atoms with Crippen molar-refractivity contribution in [1.29, 1.82) is 0 Å². The summed E-state index contributed by atoms with van der Waals surface area (Å²) in [6.45, 7) is 5.67. The van der Waals surface area contributed by atoms with Crippen LogP contribution >= 0.6 is 0 Å². The van der Waals surface area contributed by atoms with Crippen molar-refractivity contribution in [1.82, 2.24) is 0 Å².